The second-order valence-corrected chi connectivity index (χ2v) is 12.0. The quantitative estimate of drug-likeness (QED) is 0.275. The second-order valence-electron chi connectivity index (χ2n) is 12.0. The molecule has 2 aliphatic rings. The maximum atomic E-state index is 13.1. The largest absolute Gasteiger partial charge is 0.415 e. The molecule has 2 aromatic carbocycles. The van der Waals surface area contributed by atoms with Crippen molar-refractivity contribution >= 4 is 17.8 Å². The van der Waals surface area contributed by atoms with Crippen molar-refractivity contribution in [3.8, 4) is 28.0 Å². The van der Waals surface area contributed by atoms with Gasteiger partial charge in [-0.1, -0.05) is 36.4 Å². The minimum atomic E-state index is -0.445. The standard InChI is InChI=1S/C34H40N8O3/c1-40-13-10-28(11-14-40)36-18-23-6-8-24(9-7-23)25-4-3-5-30(16-25)45-34(44)42-15-12-29(22-42)39-33(43)31-17-26(19-37-32(31)35)27-20-38-41(2)21-27/h3-9,16-17,19-21,28-29,36H,10-15,18,22H2,1-2H3,(H2,35,37)(H,39,43)/t29-/m1/s1. The number of likely N-dealkylation sites (tertiary alicyclic amines) is 2. The first kappa shape index (κ1) is 30.3. The number of hydrogen-bond donors (Lipinski definition) is 3. The molecule has 0 radical (unpaired) electrons. The summed E-state index contributed by atoms with van der Waals surface area (Å²) in [5.41, 5.74) is 11.2. The topological polar surface area (TPSA) is 131 Å². The van der Waals surface area contributed by atoms with Crippen LogP contribution in [0.1, 0.15) is 35.2 Å². The van der Waals surface area contributed by atoms with Crippen molar-refractivity contribution in [2.45, 2.75) is 37.9 Å². The van der Waals surface area contributed by atoms with E-state index >= 15 is 0 Å². The van der Waals surface area contributed by atoms with E-state index < -0.39 is 6.09 Å². The number of rotatable bonds is 8. The number of carbonyl (C=O) groups excluding carboxylic acids is 2. The van der Waals surface area contributed by atoms with E-state index in [0.717, 1.165) is 41.9 Å². The van der Waals surface area contributed by atoms with E-state index in [2.05, 4.69) is 56.9 Å². The number of nitrogens with one attached hydrogen (secondary N) is 2. The number of nitrogens with zero attached hydrogens (tertiary/aromatic N) is 5. The normalized spacial score (nSPS) is 17.4. The van der Waals surface area contributed by atoms with Crippen molar-refractivity contribution in [3.63, 3.8) is 0 Å². The molecular weight excluding hydrogens is 568 g/mol. The molecule has 0 saturated carbocycles. The van der Waals surface area contributed by atoms with E-state index in [-0.39, 0.29) is 23.3 Å². The summed E-state index contributed by atoms with van der Waals surface area (Å²) in [5.74, 6) is 0.291. The third-order valence-electron chi connectivity index (χ3n) is 8.62. The number of aromatic nitrogens is 3. The Hall–Kier alpha value is -4.74. The zero-order valence-corrected chi connectivity index (χ0v) is 25.8. The van der Waals surface area contributed by atoms with Gasteiger partial charge in [-0.2, -0.15) is 5.10 Å². The lowest BCUT2D eigenvalue weighted by Crippen LogP contribution is -2.40. The number of piperidine rings is 1. The molecule has 0 aliphatic carbocycles. The first-order valence-electron chi connectivity index (χ1n) is 15.4. The third-order valence-corrected chi connectivity index (χ3v) is 8.62. The number of aryl methyl sites for hydroxylation is 1. The predicted molar refractivity (Wildman–Crippen MR) is 174 cm³/mol. The number of nitrogens with two attached hydrogens (primary N) is 1. The molecule has 11 heteroatoms. The van der Waals surface area contributed by atoms with Gasteiger partial charge < -0.3 is 30.9 Å². The second kappa shape index (κ2) is 13.5. The smallest absolute Gasteiger partial charge is 0.410 e. The number of ether oxygens (including phenoxy) is 1. The lowest BCUT2D eigenvalue weighted by atomic mass is 10.0. The van der Waals surface area contributed by atoms with Gasteiger partial charge in [-0.25, -0.2) is 9.78 Å². The zero-order valence-electron chi connectivity index (χ0n) is 25.8. The molecule has 4 N–H and O–H groups in total. The molecule has 11 nitrogen and oxygen atoms in total. The van der Waals surface area contributed by atoms with Gasteiger partial charge in [0, 0.05) is 62.3 Å². The fourth-order valence-electron chi connectivity index (χ4n) is 5.89. The molecule has 0 spiro atoms. The minimum Gasteiger partial charge on any atom is -0.410 e. The Labute approximate surface area is 263 Å². The highest BCUT2D eigenvalue weighted by molar-refractivity contribution is 5.99. The van der Waals surface area contributed by atoms with Crippen molar-refractivity contribution in [1.29, 1.82) is 0 Å². The Morgan fingerprint density at radius 2 is 1.69 bits per heavy atom. The van der Waals surface area contributed by atoms with Crippen LogP contribution in [0.15, 0.2) is 73.2 Å². The first-order chi connectivity index (χ1) is 21.8. The van der Waals surface area contributed by atoms with Crippen molar-refractivity contribution < 1.29 is 14.3 Å². The molecule has 1 atom stereocenters. The van der Waals surface area contributed by atoms with Crippen LogP contribution in [0.3, 0.4) is 0 Å². The summed E-state index contributed by atoms with van der Waals surface area (Å²) < 4.78 is 7.43. The van der Waals surface area contributed by atoms with Gasteiger partial charge >= 0.3 is 6.09 Å². The molecule has 0 unspecified atom stereocenters. The number of anilines is 1. The SMILES string of the molecule is CN1CCC(NCc2ccc(-c3cccc(OC(=O)N4CC[C@@H](NC(=O)c5cc(-c6cnn(C)c6)cnc5N)C4)c3)cc2)CC1. The van der Waals surface area contributed by atoms with Gasteiger partial charge in [0.05, 0.1) is 11.8 Å². The van der Waals surface area contributed by atoms with Crippen molar-refractivity contribution in [2.24, 2.45) is 7.05 Å². The highest BCUT2D eigenvalue weighted by Crippen LogP contribution is 2.26. The summed E-state index contributed by atoms with van der Waals surface area (Å²) in [5, 5.41) is 10.9. The summed E-state index contributed by atoms with van der Waals surface area (Å²) >= 11 is 0. The highest BCUT2D eigenvalue weighted by atomic mass is 16.6. The Balaban J connectivity index is 1.01. The van der Waals surface area contributed by atoms with Gasteiger partial charge in [-0.15, -0.1) is 0 Å². The Morgan fingerprint density at radius 3 is 2.44 bits per heavy atom. The Morgan fingerprint density at radius 1 is 0.911 bits per heavy atom. The molecule has 4 heterocycles. The van der Waals surface area contributed by atoms with Crippen LogP contribution in [-0.4, -0.2) is 81.9 Å². The van der Waals surface area contributed by atoms with Gasteiger partial charge in [0.25, 0.3) is 5.91 Å². The summed E-state index contributed by atoms with van der Waals surface area (Å²) in [4.78, 5) is 34.3. The number of carbonyl (C=O) groups is 2. The van der Waals surface area contributed by atoms with E-state index in [1.54, 1.807) is 34.1 Å². The maximum Gasteiger partial charge on any atom is 0.415 e. The fraction of sp³-hybridized carbons (Fsp3) is 0.353. The van der Waals surface area contributed by atoms with Gasteiger partial charge in [-0.3, -0.25) is 9.48 Å². The molecule has 45 heavy (non-hydrogen) atoms. The van der Waals surface area contributed by atoms with E-state index in [9.17, 15) is 9.59 Å². The van der Waals surface area contributed by atoms with E-state index in [0.29, 0.717) is 31.3 Å². The van der Waals surface area contributed by atoms with Crippen LogP contribution in [0.4, 0.5) is 10.6 Å². The summed E-state index contributed by atoms with van der Waals surface area (Å²) in [6.45, 7) is 3.95. The van der Waals surface area contributed by atoms with E-state index in [4.69, 9.17) is 10.5 Å². The third kappa shape index (κ3) is 7.50. The summed E-state index contributed by atoms with van der Waals surface area (Å²) in [6, 6.07) is 18.1. The van der Waals surface area contributed by atoms with Crippen LogP contribution in [0.5, 0.6) is 5.75 Å². The Kier molecular flexibility index (Phi) is 9.08. The molecule has 234 valence electrons. The van der Waals surface area contributed by atoms with Gasteiger partial charge in [-0.05, 0) is 74.3 Å². The molecule has 2 amide bonds. The van der Waals surface area contributed by atoms with Gasteiger partial charge in [0.2, 0.25) is 0 Å². The number of amides is 2. The first-order valence-corrected chi connectivity index (χ1v) is 15.4. The fourth-order valence-corrected chi connectivity index (χ4v) is 5.89. The van der Waals surface area contributed by atoms with Crippen molar-refractivity contribution in [2.75, 3.05) is 39.0 Å². The van der Waals surface area contributed by atoms with Crippen molar-refractivity contribution in [1.82, 2.24) is 35.2 Å². The van der Waals surface area contributed by atoms with Crippen LogP contribution < -0.4 is 21.1 Å². The number of nitrogen functional groups attached to an aromatic ring is 1. The van der Waals surface area contributed by atoms with E-state index in [1.807, 2.05) is 31.4 Å². The monoisotopic (exact) mass is 608 g/mol. The zero-order chi connectivity index (χ0) is 31.3. The molecule has 2 fully saturated rings. The summed E-state index contributed by atoms with van der Waals surface area (Å²) in [6.07, 6.45) is 7.70. The van der Waals surface area contributed by atoms with Crippen LogP contribution in [-0.2, 0) is 13.6 Å². The average Bonchev–Trinajstić information content (AvgIpc) is 3.70. The molecule has 2 aromatic heterocycles. The molecular formula is C34H40N8O3. The number of hydrogen-bond acceptors (Lipinski definition) is 8. The van der Waals surface area contributed by atoms with Crippen molar-refractivity contribution in [3.05, 3.63) is 84.3 Å². The lowest BCUT2D eigenvalue weighted by Gasteiger charge is -2.29. The average molecular weight is 609 g/mol. The minimum absolute atomic E-state index is 0.147. The van der Waals surface area contributed by atoms with Crippen LogP contribution in [0, 0.1) is 0 Å². The van der Waals surface area contributed by atoms with Gasteiger partial charge in [0.1, 0.15) is 11.6 Å². The van der Waals surface area contributed by atoms with Crippen LogP contribution in [0.2, 0.25) is 0 Å². The molecule has 2 saturated heterocycles. The van der Waals surface area contributed by atoms with Gasteiger partial charge in [0.15, 0.2) is 0 Å². The number of benzene rings is 2. The molecule has 0 bridgehead atoms. The predicted octanol–water partition coefficient (Wildman–Crippen LogP) is 3.92. The molecule has 6 rings (SSSR count). The molecule has 4 aromatic rings. The molecule has 2 aliphatic heterocycles. The highest BCUT2D eigenvalue weighted by Gasteiger charge is 2.29. The van der Waals surface area contributed by atoms with Crippen LogP contribution in [0.25, 0.3) is 22.3 Å². The lowest BCUT2D eigenvalue weighted by molar-refractivity contribution is 0.0937. The number of pyridine rings is 1. The van der Waals surface area contributed by atoms with E-state index in [1.165, 1.54) is 18.4 Å². The summed E-state index contributed by atoms with van der Waals surface area (Å²) in [7, 11) is 4.00. The Bertz CT molecular complexity index is 1650. The van der Waals surface area contributed by atoms with Crippen LogP contribution >= 0.6 is 0 Å². The maximum absolute atomic E-state index is 13.1.